The molecule has 0 radical (unpaired) electrons. The van der Waals surface area contributed by atoms with E-state index in [1.807, 2.05) is 0 Å². The summed E-state index contributed by atoms with van der Waals surface area (Å²) in [7, 11) is 0. The molecule has 106 valence electrons. The van der Waals surface area contributed by atoms with Crippen molar-refractivity contribution in [2.75, 3.05) is 6.54 Å². The molecule has 5 heteroatoms. The number of hydrogen-bond acceptors (Lipinski definition) is 2. The van der Waals surface area contributed by atoms with Gasteiger partial charge in [-0.15, -0.1) is 12.4 Å². The van der Waals surface area contributed by atoms with Crippen molar-refractivity contribution < 1.29 is 9.18 Å². The average Bonchev–Trinajstić information content (AvgIpc) is 2.87. The normalized spacial score (nSPS) is 16.7. The van der Waals surface area contributed by atoms with Gasteiger partial charge in [0.05, 0.1) is 5.41 Å². The van der Waals surface area contributed by atoms with E-state index in [2.05, 4.69) is 5.32 Å². The van der Waals surface area contributed by atoms with Gasteiger partial charge >= 0.3 is 0 Å². The molecule has 0 unspecified atom stereocenters. The van der Waals surface area contributed by atoms with Gasteiger partial charge in [0.2, 0.25) is 5.91 Å². The van der Waals surface area contributed by atoms with Crippen LogP contribution in [0.2, 0.25) is 0 Å². The first-order valence-electron chi connectivity index (χ1n) is 6.40. The predicted octanol–water partition coefficient (Wildman–Crippen LogP) is 2.38. The zero-order valence-electron chi connectivity index (χ0n) is 10.8. The van der Waals surface area contributed by atoms with Gasteiger partial charge in [-0.25, -0.2) is 4.39 Å². The van der Waals surface area contributed by atoms with Gasteiger partial charge in [-0.1, -0.05) is 31.0 Å². The highest BCUT2D eigenvalue weighted by atomic mass is 35.5. The highest BCUT2D eigenvalue weighted by molar-refractivity contribution is 5.85. The quantitative estimate of drug-likeness (QED) is 0.893. The Morgan fingerprint density at radius 2 is 1.95 bits per heavy atom. The molecule has 0 bridgehead atoms. The van der Waals surface area contributed by atoms with Crippen LogP contribution in [0.3, 0.4) is 0 Å². The van der Waals surface area contributed by atoms with E-state index in [0.29, 0.717) is 12.1 Å². The van der Waals surface area contributed by atoms with Crippen LogP contribution in [0.1, 0.15) is 31.2 Å². The van der Waals surface area contributed by atoms with Gasteiger partial charge in [-0.2, -0.15) is 0 Å². The number of carbonyl (C=O) groups is 1. The average molecular weight is 287 g/mol. The molecule has 1 aromatic rings. The minimum Gasteiger partial charge on any atom is -0.351 e. The summed E-state index contributed by atoms with van der Waals surface area (Å²) < 4.78 is 13.4. The Bertz CT molecular complexity index is 433. The number of rotatable bonds is 4. The van der Waals surface area contributed by atoms with Crippen LogP contribution in [0, 0.1) is 11.2 Å². The predicted molar refractivity (Wildman–Crippen MR) is 75.5 cm³/mol. The molecule has 19 heavy (non-hydrogen) atoms. The number of hydrogen-bond donors (Lipinski definition) is 2. The van der Waals surface area contributed by atoms with E-state index in [9.17, 15) is 9.18 Å². The summed E-state index contributed by atoms with van der Waals surface area (Å²) in [6.07, 6.45) is 3.77. The zero-order valence-corrected chi connectivity index (χ0v) is 11.6. The fourth-order valence-corrected chi connectivity index (χ4v) is 2.58. The topological polar surface area (TPSA) is 55.1 Å². The van der Waals surface area contributed by atoms with Crippen LogP contribution in [0.5, 0.6) is 0 Å². The maximum Gasteiger partial charge on any atom is 0.227 e. The van der Waals surface area contributed by atoms with Crippen LogP contribution in [0.4, 0.5) is 4.39 Å². The summed E-state index contributed by atoms with van der Waals surface area (Å²) in [5, 5.41) is 2.81. The molecule has 2 rings (SSSR count). The largest absolute Gasteiger partial charge is 0.351 e. The first-order valence-corrected chi connectivity index (χ1v) is 6.40. The second-order valence-corrected chi connectivity index (χ2v) is 4.97. The molecule has 0 saturated heterocycles. The molecule has 0 atom stereocenters. The standard InChI is InChI=1S/C14H19FN2O.ClH/c15-12-6-2-1-5-11(12)9-17-13(18)14(10-16)7-3-4-8-14;/h1-2,5-6H,3-4,7-10,16H2,(H,17,18);1H. The van der Waals surface area contributed by atoms with Gasteiger partial charge in [0.25, 0.3) is 0 Å². The third-order valence-electron chi connectivity index (χ3n) is 3.83. The van der Waals surface area contributed by atoms with Crippen LogP contribution in [-0.2, 0) is 11.3 Å². The van der Waals surface area contributed by atoms with Crippen molar-refractivity contribution in [2.24, 2.45) is 11.1 Å². The van der Waals surface area contributed by atoms with E-state index in [1.165, 1.54) is 6.07 Å². The first kappa shape index (κ1) is 15.9. The SMILES string of the molecule is Cl.NCC1(C(=O)NCc2ccccc2F)CCCC1. The highest BCUT2D eigenvalue weighted by Gasteiger charge is 2.39. The van der Waals surface area contributed by atoms with Crippen molar-refractivity contribution in [3.63, 3.8) is 0 Å². The second-order valence-electron chi connectivity index (χ2n) is 4.97. The van der Waals surface area contributed by atoms with E-state index >= 15 is 0 Å². The molecule has 1 aliphatic rings. The van der Waals surface area contributed by atoms with E-state index < -0.39 is 5.41 Å². The van der Waals surface area contributed by atoms with Crippen molar-refractivity contribution in [2.45, 2.75) is 32.2 Å². The third kappa shape index (κ3) is 3.45. The van der Waals surface area contributed by atoms with Crippen LogP contribution in [0.15, 0.2) is 24.3 Å². The summed E-state index contributed by atoms with van der Waals surface area (Å²) >= 11 is 0. The first-order chi connectivity index (χ1) is 8.68. The number of nitrogens with one attached hydrogen (secondary N) is 1. The molecule has 1 saturated carbocycles. The smallest absolute Gasteiger partial charge is 0.227 e. The summed E-state index contributed by atoms with van der Waals surface area (Å²) in [6, 6.07) is 6.48. The van der Waals surface area contributed by atoms with E-state index in [0.717, 1.165) is 25.7 Å². The number of nitrogens with two attached hydrogens (primary N) is 1. The Balaban J connectivity index is 0.00000180. The molecular formula is C14H20ClFN2O. The van der Waals surface area contributed by atoms with Crippen LogP contribution in [0.25, 0.3) is 0 Å². The molecule has 1 fully saturated rings. The van der Waals surface area contributed by atoms with Crippen molar-refractivity contribution >= 4 is 18.3 Å². The van der Waals surface area contributed by atoms with Gasteiger partial charge in [-0.05, 0) is 18.9 Å². The fourth-order valence-electron chi connectivity index (χ4n) is 2.58. The van der Waals surface area contributed by atoms with Crippen molar-refractivity contribution in [1.29, 1.82) is 0 Å². The fraction of sp³-hybridized carbons (Fsp3) is 0.500. The molecule has 1 aromatic carbocycles. The lowest BCUT2D eigenvalue weighted by molar-refractivity contribution is -0.130. The molecular weight excluding hydrogens is 267 g/mol. The molecule has 0 aliphatic heterocycles. The number of benzene rings is 1. The second kappa shape index (κ2) is 6.87. The molecule has 0 heterocycles. The number of halogens is 2. The van der Waals surface area contributed by atoms with Crippen molar-refractivity contribution in [1.82, 2.24) is 5.32 Å². The van der Waals surface area contributed by atoms with Crippen LogP contribution < -0.4 is 11.1 Å². The van der Waals surface area contributed by atoms with Gasteiger partial charge < -0.3 is 11.1 Å². The lowest BCUT2D eigenvalue weighted by Gasteiger charge is -2.25. The Morgan fingerprint density at radius 1 is 1.32 bits per heavy atom. The van der Waals surface area contributed by atoms with E-state index in [4.69, 9.17) is 5.73 Å². The Labute approximate surface area is 119 Å². The Hall–Kier alpha value is -1.13. The molecule has 1 amide bonds. The molecule has 3 nitrogen and oxygen atoms in total. The number of amides is 1. The van der Waals surface area contributed by atoms with Gasteiger partial charge in [0.15, 0.2) is 0 Å². The Kier molecular flexibility index (Phi) is 5.76. The summed E-state index contributed by atoms with van der Waals surface area (Å²) in [6.45, 7) is 0.601. The highest BCUT2D eigenvalue weighted by Crippen LogP contribution is 2.37. The summed E-state index contributed by atoms with van der Waals surface area (Å²) in [5.41, 5.74) is 5.82. The van der Waals surface area contributed by atoms with Gasteiger partial charge in [0, 0.05) is 18.7 Å². The number of carbonyl (C=O) groups excluding carboxylic acids is 1. The molecule has 1 aliphatic carbocycles. The van der Waals surface area contributed by atoms with E-state index in [-0.39, 0.29) is 30.7 Å². The Morgan fingerprint density at radius 3 is 2.53 bits per heavy atom. The zero-order chi connectivity index (χ0) is 13.0. The maximum absolute atomic E-state index is 13.4. The monoisotopic (exact) mass is 286 g/mol. The van der Waals surface area contributed by atoms with Gasteiger partial charge in [0.1, 0.15) is 5.82 Å². The van der Waals surface area contributed by atoms with Crippen LogP contribution in [-0.4, -0.2) is 12.5 Å². The summed E-state index contributed by atoms with van der Waals surface area (Å²) in [5.74, 6) is -0.322. The van der Waals surface area contributed by atoms with E-state index in [1.54, 1.807) is 18.2 Å². The van der Waals surface area contributed by atoms with Crippen molar-refractivity contribution in [3.05, 3.63) is 35.6 Å². The molecule has 0 aromatic heterocycles. The maximum atomic E-state index is 13.4. The van der Waals surface area contributed by atoms with Crippen LogP contribution >= 0.6 is 12.4 Å². The summed E-state index contributed by atoms with van der Waals surface area (Å²) in [4.78, 5) is 12.2. The van der Waals surface area contributed by atoms with Crippen molar-refractivity contribution in [3.8, 4) is 0 Å². The lowest BCUT2D eigenvalue weighted by Crippen LogP contribution is -2.43. The third-order valence-corrected chi connectivity index (χ3v) is 3.83. The minimum atomic E-state index is -0.425. The molecule has 3 N–H and O–H groups in total. The lowest BCUT2D eigenvalue weighted by atomic mass is 9.85. The van der Waals surface area contributed by atoms with Gasteiger partial charge in [-0.3, -0.25) is 4.79 Å². The minimum absolute atomic E-state index is 0. The molecule has 0 spiro atoms.